The second-order valence-electron chi connectivity index (χ2n) is 12.2. The van der Waals surface area contributed by atoms with Crippen LogP contribution in [-0.2, 0) is 30.3 Å². The fraction of sp³-hybridized carbons (Fsp3) is 0.400. The van der Waals surface area contributed by atoms with Crippen LogP contribution in [0, 0.1) is 21.4 Å². The summed E-state index contributed by atoms with van der Waals surface area (Å²) >= 11 is 0. The number of phenolic OH excluding ortho intramolecular Hbond substituents is 1. The summed E-state index contributed by atoms with van der Waals surface area (Å²) in [4.78, 5) is 47.8. The van der Waals surface area contributed by atoms with Crippen LogP contribution in [0.15, 0.2) is 76.7 Å². The number of ketones is 1. The van der Waals surface area contributed by atoms with Gasteiger partial charge in [0, 0.05) is 40.8 Å². The molecule has 2 N–H and O–H groups in total. The van der Waals surface area contributed by atoms with Crippen molar-refractivity contribution in [2.45, 2.75) is 64.7 Å². The van der Waals surface area contributed by atoms with Crippen LogP contribution in [0.2, 0.25) is 0 Å². The maximum Gasteiger partial charge on any atom is 0.336 e. The summed E-state index contributed by atoms with van der Waals surface area (Å²) in [6, 6.07) is 11.8. The molecule has 4 aliphatic rings. The van der Waals surface area contributed by atoms with Crippen LogP contribution >= 0.6 is 0 Å². The number of dihydropyridines is 1. The average molecular weight is 615 g/mol. The molecule has 3 aliphatic carbocycles. The number of nitro benzene ring substituents is 1. The minimum Gasteiger partial charge on any atom is -0.508 e. The number of rotatable bonds is 4. The van der Waals surface area contributed by atoms with Gasteiger partial charge in [0.1, 0.15) is 11.5 Å². The van der Waals surface area contributed by atoms with Crippen molar-refractivity contribution < 1.29 is 33.9 Å². The van der Waals surface area contributed by atoms with Crippen molar-refractivity contribution in [3.05, 3.63) is 103 Å². The lowest BCUT2D eigenvalue weighted by molar-refractivity contribution is -0.385. The summed E-state index contributed by atoms with van der Waals surface area (Å²) in [5, 5.41) is 24.0. The fourth-order valence-corrected chi connectivity index (χ4v) is 7.70. The topological polar surface area (TPSA) is 145 Å². The van der Waals surface area contributed by atoms with Crippen LogP contribution < -0.4 is 5.32 Å². The molecular formula is C35H38N2O8. The second kappa shape index (κ2) is 12.3. The molecule has 3 unspecified atom stereocenters. The van der Waals surface area contributed by atoms with Gasteiger partial charge in [-0.2, -0.15) is 0 Å². The van der Waals surface area contributed by atoms with Crippen molar-refractivity contribution in [2.24, 2.45) is 11.3 Å². The van der Waals surface area contributed by atoms with Crippen molar-refractivity contribution in [3.8, 4) is 5.75 Å². The van der Waals surface area contributed by atoms with E-state index in [1.54, 1.807) is 26.0 Å². The highest BCUT2D eigenvalue weighted by Gasteiger charge is 2.52. The van der Waals surface area contributed by atoms with E-state index in [4.69, 9.17) is 9.47 Å². The third kappa shape index (κ3) is 5.54. The number of esters is 2. The van der Waals surface area contributed by atoms with Crippen LogP contribution in [-0.4, -0.2) is 42.0 Å². The van der Waals surface area contributed by atoms with Gasteiger partial charge in [0.2, 0.25) is 0 Å². The molecule has 45 heavy (non-hydrogen) atoms. The zero-order valence-corrected chi connectivity index (χ0v) is 26.1. The van der Waals surface area contributed by atoms with Crippen molar-refractivity contribution >= 4 is 23.4 Å². The van der Waals surface area contributed by atoms with Gasteiger partial charge in [-0.15, -0.1) is 0 Å². The number of aromatic hydroxyl groups is 1. The molecule has 10 heteroatoms. The van der Waals surface area contributed by atoms with Crippen LogP contribution in [0.5, 0.6) is 5.75 Å². The van der Waals surface area contributed by atoms with Gasteiger partial charge in [-0.25, -0.2) is 9.59 Å². The van der Waals surface area contributed by atoms with Gasteiger partial charge in [-0.05, 0) is 68.7 Å². The molecule has 10 nitrogen and oxygen atoms in total. The van der Waals surface area contributed by atoms with Gasteiger partial charge in [0.15, 0.2) is 0 Å². The van der Waals surface area contributed by atoms with E-state index in [2.05, 4.69) is 24.4 Å². The maximum atomic E-state index is 12.3. The number of methoxy groups -OCH3 is 2. The fourth-order valence-electron chi connectivity index (χ4n) is 7.70. The molecule has 0 saturated heterocycles. The predicted octanol–water partition coefficient (Wildman–Crippen LogP) is 5.91. The van der Waals surface area contributed by atoms with Gasteiger partial charge in [0.25, 0.3) is 5.69 Å². The second-order valence-corrected chi connectivity index (χ2v) is 12.2. The van der Waals surface area contributed by atoms with Crippen molar-refractivity contribution in [3.63, 3.8) is 0 Å². The lowest BCUT2D eigenvalue weighted by Crippen LogP contribution is -2.37. The number of carbonyl (C=O) groups is 3. The minimum atomic E-state index is -0.970. The summed E-state index contributed by atoms with van der Waals surface area (Å²) in [5.74, 6) is -0.568. The normalized spacial score (nSPS) is 23.8. The number of hydrogen-bond donors (Lipinski definition) is 2. The number of nitrogens with zero attached hydrogens (tertiary/aromatic N) is 1. The SMILES string of the molecule is CC12CCC3C(=CCc4cc(O)ccc43)C1CCC2=O.COC(=O)C1=C(C)NC(C)=C(C(=O)OC)C1c1ccccc1[N+](=O)[O-]. The lowest BCUT2D eigenvalue weighted by atomic mass is 9.60. The van der Waals surface area contributed by atoms with E-state index in [-0.39, 0.29) is 27.8 Å². The average Bonchev–Trinajstić information content (AvgIpc) is 3.33. The van der Waals surface area contributed by atoms with Crippen LogP contribution in [0.1, 0.15) is 75.0 Å². The van der Waals surface area contributed by atoms with E-state index in [1.165, 1.54) is 49.1 Å². The number of nitro groups is 1. The molecule has 0 radical (unpaired) electrons. The number of allylic oxidation sites excluding steroid dienone is 4. The summed E-state index contributed by atoms with van der Waals surface area (Å²) < 4.78 is 9.66. The summed E-state index contributed by atoms with van der Waals surface area (Å²) in [6.07, 6.45) is 7.11. The van der Waals surface area contributed by atoms with E-state index < -0.39 is 22.8 Å². The molecule has 2 aromatic rings. The molecule has 236 valence electrons. The van der Waals surface area contributed by atoms with Gasteiger partial charge in [0.05, 0.1) is 36.2 Å². The highest BCUT2D eigenvalue weighted by Crippen LogP contribution is 2.58. The first-order chi connectivity index (χ1) is 21.4. The van der Waals surface area contributed by atoms with Crippen LogP contribution in [0.4, 0.5) is 5.69 Å². The monoisotopic (exact) mass is 614 g/mol. The molecule has 0 aromatic heterocycles. The van der Waals surface area contributed by atoms with Gasteiger partial charge in [-0.3, -0.25) is 14.9 Å². The first kappa shape index (κ1) is 31.7. The number of fused-ring (bicyclic) bond motifs is 5. The van der Waals surface area contributed by atoms with E-state index in [9.17, 15) is 29.6 Å². The molecule has 2 saturated carbocycles. The molecule has 6 rings (SSSR count). The molecule has 2 aromatic carbocycles. The van der Waals surface area contributed by atoms with E-state index in [0.29, 0.717) is 34.8 Å². The van der Waals surface area contributed by atoms with E-state index in [1.807, 2.05) is 6.07 Å². The van der Waals surface area contributed by atoms with Crippen LogP contribution in [0.25, 0.3) is 0 Å². The summed E-state index contributed by atoms with van der Waals surface area (Å²) in [6.45, 7) is 5.47. The zero-order valence-electron chi connectivity index (χ0n) is 26.1. The highest BCUT2D eigenvalue weighted by molar-refractivity contribution is 6.00. The quantitative estimate of drug-likeness (QED) is 0.186. The zero-order chi connectivity index (χ0) is 32.6. The Bertz CT molecular complexity index is 1650. The first-order valence-corrected chi connectivity index (χ1v) is 15.1. The first-order valence-electron chi connectivity index (χ1n) is 15.1. The molecule has 3 atom stereocenters. The molecule has 0 spiro atoms. The van der Waals surface area contributed by atoms with E-state index in [0.717, 1.165) is 32.1 Å². The number of hydrogen-bond acceptors (Lipinski definition) is 9. The molecule has 2 fully saturated rings. The standard InChI is InChI=1S/C18H20O2.C17H18N2O6/c1-18-9-8-14-13-5-3-12(19)10-11(13)2-4-15(14)16(18)6-7-17(18)20;1-9-13(16(20)24-3)15(14(10(2)18-9)17(21)25-4)11-7-5-6-8-12(11)19(22)23/h3-5,10,14,16,19H,2,6-9H2,1H3;5-8,15,18H,1-4H3. The Kier molecular flexibility index (Phi) is 8.69. The Morgan fingerprint density at radius 2 is 1.64 bits per heavy atom. The Balaban J connectivity index is 0.000000181. The third-order valence-electron chi connectivity index (χ3n) is 9.90. The van der Waals surface area contributed by atoms with Crippen LogP contribution in [0.3, 0.4) is 0 Å². The number of nitrogens with one attached hydrogen (secondary N) is 1. The van der Waals surface area contributed by atoms with Crippen molar-refractivity contribution in [2.75, 3.05) is 14.2 Å². The number of phenols is 1. The van der Waals surface area contributed by atoms with Crippen molar-refractivity contribution in [1.82, 2.24) is 5.32 Å². The molecule has 0 amide bonds. The van der Waals surface area contributed by atoms with E-state index >= 15 is 0 Å². The minimum absolute atomic E-state index is 0.100. The number of Topliss-reactive ketones (excluding diaryl/α,β-unsaturated/α-hetero) is 1. The molecule has 1 heterocycles. The Morgan fingerprint density at radius 3 is 2.27 bits per heavy atom. The molecule has 1 aliphatic heterocycles. The highest BCUT2D eigenvalue weighted by atomic mass is 16.6. The molecular weight excluding hydrogens is 576 g/mol. The smallest absolute Gasteiger partial charge is 0.336 e. The van der Waals surface area contributed by atoms with Gasteiger partial charge >= 0.3 is 11.9 Å². The maximum absolute atomic E-state index is 12.3. The predicted molar refractivity (Wildman–Crippen MR) is 166 cm³/mol. The summed E-state index contributed by atoms with van der Waals surface area (Å²) in [5.41, 5.74) is 5.23. The largest absolute Gasteiger partial charge is 0.508 e. The Hall–Kier alpha value is -4.73. The number of benzene rings is 2. The Morgan fingerprint density at radius 1 is 1.00 bits per heavy atom. The summed E-state index contributed by atoms with van der Waals surface area (Å²) in [7, 11) is 2.42. The van der Waals surface area contributed by atoms with Gasteiger partial charge < -0.3 is 19.9 Å². The number of carbonyl (C=O) groups excluding carboxylic acids is 3. The number of para-hydroxylation sites is 1. The number of ether oxygens (including phenoxy) is 2. The Labute approximate surface area is 262 Å². The van der Waals surface area contributed by atoms with Crippen molar-refractivity contribution in [1.29, 1.82) is 0 Å². The third-order valence-corrected chi connectivity index (χ3v) is 9.90. The van der Waals surface area contributed by atoms with Gasteiger partial charge in [-0.1, -0.05) is 42.8 Å². The lowest BCUT2D eigenvalue weighted by Gasteiger charge is -2.43. The molecule has 0 bridgehead atoms.